The fourth-order valence-corrected chi connectivity index (χ4v) is 6.20. The second-order valence-electron chi connectivity index (χ2n) is 9.33. The zero-order valence-corrected chi connectivity index (χ0v) is 22.2. The number of aromatic nitrogens is 1. The van der Waals surface area contributed by atoms with E-state index in [4.69, 9.17) is 11.6 Å². The number of carbonyl (C=O) groups is 2. The minimum Gasteiger partial charge on any atom is -0.481 e. The average Bonchev–Trinajstić information content (AvgIpc) is 2.87. The van der Waals surface area contributed by atoms with Crippen LogP contribution in [0.2, 0.25) is 5.02 Å². The maximum Gasteiger partial charge on any atom is 0.305 e. The molecule has 196 valence electrons. The topological polar surface area (TPSA) is 108 Å². The molecule has 2 heterocycles. The Morgan fingerprint density at radius 1 is 1.05 bits per heavy atom. The molecule has 8 nitrogen and oxygen atoms in total. The fourth-order valence-electron chi connectivity index (χ4n) is 4.76. The van der Waals surface area contributed by atoms with Crippen LogP contribution >= 0.6 is 11.6 Å². The van der Waals surface area contributed by atoms with E-state index in [1.54, 1.807) is 41.4 Å². The third-order valence-corrected chi connectivity index (χ3v) is 8.70. The van der Waals surface area contributed by atoms with E-state index < -0.39 is 15.8 Å². The fraction of sp³-hybridized carbons (Fsp3) is 0.370. The molecule has 1 N–H and O–H groups in total. The first-order chi connectivity index (χ1) is 17.6. The van der Waals surface area contributed by atoms with Crippen LogP contribution in [0.1, 0.15) is 31.4 Å². The first-order valence-corrected chi connectivity index (χ1v) is 14.3. The van der Waals surface area contributed by atoms with E-state index in [0.29, 0.717) is 31.0 Å². The highest BCUT2D eigenvalue weighted by Gasteiger charge is 2.29. The van der Waals surface area contributed by atoms with Gasteiger partial charge in [-0.1, -0.05) is 23.7 Å². The van der Waals surface area contributed by atoms with Crippen molar-refractivity contribution in [1.29, 1.82) is 0 Å². The lowest BCUT2D eigenvalue weighted by molar-refractivity contribution is -0.139. The number of sulfone groups is 1. The number of aliphatic carboxylic acids is 1. The van der Waals surface area contributed by atoms with E-state index in [9.17, 15) is 23.1 Å². The lowest BCUT2D eigenvalue weighted by atomic mass is 10.0. The smallest absolute Gasteiger partial charge is 0.305 e. The summed E-state index contributed by atoms with van der Waals surface area (Å²) in [5.74, 6) is -1.68. The summed E-state index contributed by atoms with van der Waals surface area (Å²) in [6.45, 7) is 3.42. The van der Waals surface area contributed by atoms with Crippen molar-refractivity contribution in [3.05, 3.63) is 65.4 Å². The van der Waals surface area contributed by atoms with Gasteiger partial charge in [0.05, 0.1) is 17.1 Å². The van der Waals surface area contributed by atoms with Crippen molar-refractivity contribution in [2.24, 2.45) is 0 Å². The Morgan fingerprint density at radius 2 is 1.76 bits per heavy atom. The summed E-state index contributed by atoms with van der Waals surface area (Å²) in [6.07, 6.45) is 2.73. The van der Waals surface area contributed by atoms with Crippen LogP contribution in [0.25, 0.3) is 10.8 Å². The number of amides is 1. The van der Waals surface area contributed by atoms with Crippen LogP contribution in [0.3, 0.4) is 0 Å². The van der Waals surface area contributed by atoms with Crippen molar-refractivity contribution in [3.63, 3.8) is 0 Å². The van der Waals surface area contributed by atoms with Gasteiger partial charge in [-0.3, -0.25) is 14.6 Å². The molecule has 1 saturated heterocycles. The number of aryl methyl sites for hydroxylation is 1. The number of carbonyl (C=O) groups excluding carboxylic acids is 1. The van der Waals surface area contributed by atoms with Crippen LogP contribution in [0.5, 0.6) is 0 Å². The molecule has 1 amide bonds. The monoisotopic (exact) mass is 543 g/mol. The number of fused-ring (bicyclic) bond motifs is 1. The van der Waals surface area contributed by atoms with Crippen molar-refractivity contribution in [3.8, 4) is 0 Å². The number of anilines is 1. The summed E-state index contributed by atoms with van der Waals surface area (Å²) in [5, 5.41) is 11.4. The molecule has 1 aromatic heterocycles. The highest BCUT2D eigenvalue weighted by molar-refractivity contribution is 7.91. The molecule has 10 heteroatoms. The standard InChI is InChI=1S/C27H30ClN3O5S/c1-19-16-24(6-11-29-19)30-12-7-23(8-13-30)31(14-9-27(33)34)26(32)10-15-37(35,36)25-5-3-20-17-22(28)4-2-21(20)18-25/h2-6,11,16-18,23H,7-10,12-15H2,1H3,(H,33,34). The maximum absolute atomic E-state index is 13.2. The van der Waals surface area contributed by atoms with Crippen LogP contribution in [0.15, 0.2) is 59.6 Å². The van der Waals surface area contributed by atoms with Crippen molar-refractivity contribution in [1.82, 2.24) is 9.88 Å². The van der Waals surface area contributed by atoms with Gasteiger partial charge in [0.2, 0.25) is 5.91 Å². The molecule has 4 rings (SSSR count). The summed E-state index contributed by atoms with van der Waals surface area (Å²) in [5.41, 5.74) is 1.99. The van der Waals surface area contributed by atoms with E-state index in [2.05, 4.69) is 9.88 Å². The number of carboxylic acids is 1. The summed E-state index contributed by atoms with van der Waals surface area (Å²) >= 11 is 6.01. The van der Waals surface area contributed by atoms with Crippen molar-refractivity contribution in [2.75, 3.05) is 30.3 Å². The van der Waals surface area contributed by atoms with Gasteiger partial charge in [-0.25, -0.2) is 8.42 Å². The highest BCUT2D eigenvalue weighted by atomic mass is 35.5. The molecule has 0 saturated carbocycles. The molecule has 3 aromatic rings. The Kier molecular flexibility index (Phi) is 8.34. The SMILES string of the molecule is Cc1cc(N2CCC(N(CCC(=O)O)C(=O)CCS(=O)(=O)c3ccc4cc(Cl)ccc4c3)CC2)ccn1. The molecule has 1 fully saturated rings. The van der Waals surface area contributed by atoms with Gasteiger partial charge in [0.25, 0.3) is 0 Å². The number of nitrogens with zero attached hydrogens (tertiary/aromatic N) is 3. The Labute approximate surface area is 221 Å². The largest absolute Gasteiger partial charge is 0.481 e. The first kappa shape index (κ1) is 26.9. The predicted molar refractivity (Wildman–Crippen MR) is 144 cm³/mol. The van der Waals surface area contributed by atoms with E-state index in [1.165, 1.54) is 6.07 Å². The molecular formula is C27H30ClN3O5S. The number of hydrogen-bond acceptors (Lipinski definition) is 6. The van der Waals surface area contributed by atoms with E-state index in [0.717, 1.165) is 22.2 Å². The van der Waals surface area contributed by atoms with E-state index >= 15 is 0 Å². The van der Waals surface area contributed by atoms with Gasteiger partial charge >= 0.3 is 5.97 Å². The molecule has 0 radical (unpaired) electrons. The Balaban J connectivity index is 1.42. The quantitative estimate of drug-likeness (QED) is 0.428. The van der Waals surface area contributed by atoms with Crippen molar-refractivity contribution in [2.45, 2.75) is 43.5 Å². The highest BCUT2D eigenvalue weighted by Crippen LogP contribution is 2.26. The molecule has 0 unspecified atom stereocenters. The molecule has 0 spiro atoms. The second kappa shape index (κ2) is 11.5. The van der Waals surface area contributed by atoms with Crippen LogP contribution < -0.4 is 4.90 Å². The zero-order chi connectivity index (χ0) is 26.6. The maximum atomic E-state index is 13.2. The van der Waals surface area contributed by atoms with Gasteiger partial charge in [-0.2, -0.15) is 0 Å². The lowest BCUT2D eigenvalue weighted by Gasteiger charge is -2.39. The van der Waals surface area contributed by atoms with Gasteiger partial charge in [0, 0.05) is 54.7 Å². The minimum absolute atomic E-state index is 0.0595. The second-order valence-corrected chi connectivity index (χ2v) is 11.9. The first-order valence-electron chi connectivity index (χ1n) is 12.2. The number of pyridine rings is 1. The molecular weight excluding hydrogens is 514 g/mol. The third kappa shape index (κ3) is 6.78. The molecule has 0 atom stereocenters. The average molecular weight is 544 g/mol. The van der Waals surface area contributed by atoms with Crippen molar-refractivity contribution < 1.29 is 23.1 Å². The Hall–Kier alpha value is -3.17. The van der Waals surface area contributed by atoms with Crippen LogP contribution in [0, 0.1) is 6.92 Å². The summed E-state index contributed by atoms with van der Waals surface area (Å²) in [6, 6.07) is 13.9. The predicted octanol–water partition coefficient (Wildman–Crippen LogP) is 4.33. The molecule has 37 heavy (non-hydrogen) atoms. The number of hydrogen-bond donors (Lipinski definition) is 1. The Morgan fingerprint density at radius 3 is 2.46 bits per heavy atom. The molecule has 2 aromatic carbocycles. The number of rotatable bonds is 9. The number of carboxylic acid groups (broad SMARTS) is 1. The van der Waals surface area contributed by atoms with Gasteiger partial charge in [0.15, 0.2) is 9.84 Å². The lowest BCUT2D eigenvalue weighted by Crippen LogP contribution is -2.48. The zero-order valence-electron chi connectivity index (χ0n) is 20.6. The summed E-state index contributed by atoms with van der Waals surface area (Å²) < 4.78 is 26.1. The van der Waals surface area contributed by atoms with Gasteiger partial charge in [-0.15, -0.1) is 0 Å². The van der Waals surface area contributed by atoms with E-state index in [1.807, 2.05) is 19.1 Å². The van der Waals surface area contributed by atoms with Crippen LogP contribution in [-0.2, 0) is 19.4 Å². The van der Waals surface area contributed by atoms with Crippen LogP contribution in [0.4, 0.5) is 5.69 Å². The van der Waals surface area contributed by atoms with E-state index in [-0.39, 0.29) is 42.0 Å². The number of piperidine rings is 1. The molecule has 0 aliphatic carbocycles. The van der Waals surface area contributed by atoms with Gasteiger partial charge in [0.1, 0.15) is 0 Å². The molecule has 1 aliphatic rings. The van der Waals surface area contributed by atoms with Gasteiger partial charge in [-0.05, 0) is 66.9 Å². The minimum atomic E-state index is -3.71. The number of halogens is 1. The van der Waals surface area contributed by atoms with Gasteiger partial charge < -0.3 is 14.9 Å². The normalized spacial score (nSPS) is 14.6. The van der Waals surface area contributed by atoms with Crippen LogP contribution in [-0.4, -0.2) is 66.7 Å². The molecule has 1 aliphatic heterocycles. The Bertz CT molecular complexity index is 1400. The third-order valence-electron chi connectivity index (χ3n) is 6.76. The summed E-state index contributed by atoms with van der Waals surface area (Å²) in [4.78, 5) is 32.6. The number of benzene rings is 2. The molecule has 0 bridgehead atoms. The summed E-state index contributed by atoms with van der Waals surface area (Å²) in [7, 11) is -3.71. The van der Waals surface area contributed by atoms with Crippen molar-refractivity contribution >= 4 is 49.8 Å².